The van der Waals surface area contributed by atoms with Crippen molar-refractivity contribution in [2.45, 2.75) is 19.3 Å². The summed E-state index contributed by atoms with van der Waals surface area (Å²) in [6, 6.07) is 5.26. The van der Waals surface area contributed by atoms with Crippen LogP contribution in [0.2, 0.25) is 0 Å². The number of esters is 1. The minimum Gasteiger partial charge on any atom is -0.465 e. The van der Waals surface area contributed by atoms with E-state index in [1.165, 1.54) is 0 Å². The molecule has 1 rings (SSSR count). The highest BCUT2D eigenvalue weighted by molar-refractivity contribution is 5.86. The molecular formula is C11H12N2O2. The lowest BCUT2D eigenvalue weighted by Gasteiger charge is -2.19. The smallest absolute Gasteiger partial charge is 0.330 e. The molecule has 0 amide bonds. The van der Waals surface area contributed by atoms with E-state index >= 15 is 0 Å². The Labute approximate surface area is 88.5 Å². The summed E-state index contributed by atoms with van der Waals surface area (Å²) in [5.74, 6) is -0.529. The zero-order chi connectivity index (χ0) is 11.3. The number of pyridine rings is 1. The highest BCUT2D eigenvalue weighted by Crippen LogP contribution is 2.23. The molecule has 78 valence electrons. The van der Waals surface area contributed by atoms with E-state index in [1.807, 2.05) is 6.07 Å². The Morgan fingerprint density at radius 2 is 2.20 bits per heavy atom. The second-order valence-electron chi connectivity index (χ2n) is 3.19. The van der Waals surface area contributed by atoms with Gasteiger partial charge in [-0.15, -0.1) is 0 Å². The zero-order valence-electron chi connectivity index (χ0n) is 8.73. The third-order valence-electron chi connectivity index (χ3n) is 2.16. The maximum absolute atomic E-state index is 11.6. The SMILES string of the molecule is CCOC(=O)C(C)(C#N)c1ccncc1. The summed E-state index contributed by atoms with van der Waals surface area (Å²) in [7, 11) is 0. The van der Waals surface area contributed by atoms with Gasteiger partial charge in [-0.3, -0.25) is 4.98 Å². The number of nitriles is 1. The van der Waals surface area contributed by atoms with Crippen molar-refractivity contribution in [1.82, 2.24) is 4.98 Å². The van der Waals surface area contributed by atoms with Crippen LogP contribution in [0.15, 0.2) is 24.5 Å². The lowest BCUT2D eigenvalue weighted by Crippen LogP contribution is -2.32. The standard InChI is InChI=1S/C11H12N2O2/c1-3-15-10(14)11(2,8-12)9-4-6-13-7-5-9/h4-7H,3H2,1-2H3. The van der Waals surface area contributed by atoms with E-state index in [0.29, 0.717) is 5.56 Å². The van der Waals surface area contributed by atoms with E-state index in [2.05, 4.69) is 4.98 Å². The lowest BCUT2D eigenvalue weighted by molar-refractivity contribution is -0.147. The van der Waals surface area contributed by atoms with Crippen molar-refractivity contribution in [3.63, 3.8) is 0 Å². The zero-order valence-corrected chi connectivity index (χ0v) is 8.73. The van der Waals surface area contributed by atoms with Crippen LogP contribution in [0, 0.1) is 11.3 Å². The summed E-state index contributed by atoms with van der Waals surface area (Å²) in [6.45, 7) is 3.52. The molecule has 1 unspecified atom stereocenters. The number of hydrogen-bond donors (Lipinski definition) is 0. The Kier molecular flexibility index (Phi) is 3.40. The van der Waals surface area contributed by atoms with Gasteiger partial charge in [0.25, 0.3) is 0 Å². The molecule has 1 heterocycles. The van der Waals surface area contributed by atoms with Crippen LogP contribution in [0.25, 0.3) is 0 Å². The van der Waals surface area contributed by atoms with Gasteiger partial charge in [0.1, 0.15) is 0 Å². The van der Waals surface area contributed by atoms with Crippen LogP contribution in [-0.4, -0.2) is 17.6 Å². The maximum Gasteiger partial charge on any atom is 0.330 e. The predicted octanol–water partition coefficient (Wildman–Crippen LogP) is 1.43. The summed E-state index contributed by atoms with van der Waals surface area (Å²) < 4.78 is 4.87. The molecule has 0 N–H and O–H groups in total. The number of carbonyl (C=O) groups is 1. The monoisotopic (exact) mass is 204 g/mol. The third-order valence-corrected chi connectivity index (χ3v) is 2.16. The van der Waals surface area contributed by atoms with Gasteiger partial charge in [0, 0.05) is 12.4 Å². The minimum atomic E-state index is -1.25. The predicted molar refractivity (Wildman–Crippen MR) is 53.8 cm³/mol. The van der Waals surface area contributed by atoms with Gasteiger partial charge < -0.3 is 4.74 Å². The largest absolute Gasteiger partial charge is 0.465 e. The Morgan fingerprint density at radius 3 is 2.67 bits per heavy atom. The van der Waals surface area contributed by atoms with Gasteiger partial charge in [0.05, 0.1) is 12.7 Å². The molecule has 0 aromatic carbocycles. The summed E-state index contributed by atoms with van der Waals surface area (Å²) in [4.78, 5) is 15.5. The van der Waals surface area contributed by atoms with E-state index in [1.54, 1.807) is 38.4 Å². The van der Waals surface area contributed by atoms with Crippen molar-refractivity contribution in [2.75, 3.05) is 6.61 Å². The van der Waals surface area contributed by atoms with Gasteiger partial charge >= 0.3 is 5.97 Å². The molecule has 0 aliphatic carbocycles. The summed E-state index contributed by atoms with van der Waals surface area (Å²) in [5.41, 5.74) is -0.655. The van der Waals surface area contributed by atoms with Gasteiger partial charge in [-0.25, -0.2) is 4.79 Å². The number of hydrogen-bond acceptors (Lipinski definition) is 4. The molecule has 0 saturated heterocycles. The molecule has 0 saturated carbocycles. The van der Waals surface area contributed by atoms with Crippen LogP contribution in [0.4, 0.5) is 0 Å². The maximum atomic E-state index is 11.6. The van der Waals surface area contributed by atoms with Crippen LogP contribution >= 0.6 is 0 Å². The highest BCUT2D eigenvalue weighted by atomic mass is 16.5. The molecule has 15 heavy (non-hydrogen) atoms. The number of carbonyl (C=O) groups excluding carboxylic acids is 1. The molecule has 0 spiro atoms. The second kappa shape index (κ2) is 4.56. The second-order valence-corrected chi connectivity index (χ2v) is 3.19. The van der Waals surface area contributed by atoms with Crippen LogP contribution in [0.5, 0.6) is 0 Å². The molecule has 4 nitrogen and oxygen atoms in total. The fourth-order valence-corrected chi connectivity index (χ4v) is 1.19. The summed E-state index contributed by atoms with van der Waals surface area (Å²) >= 11 is 0. The molecule has 0 aliphatic heterocycles. The lowest BCUT2D eigenvalue weighted by atomic mass is 9.85. The fraction of sp³-hybridized carbons (Fsp3) is 0.364. The molecule has 1 aromatic rings. The molecule has 0 fully saturated rings. The van der Waals surface area contributed by atoms with Gasteiger partial charge in [0.15, 0.2) is 5.41 Å². The van der Waals surface area contributed by atoms with Crippen LogP contribution in [0.1, 0.15) is 19.4 Å². The molecule has 0 radical (unpaired) electrons. The van der Waals surface area contributed by atoms with Gasteiger partial charge in [-0.2, -0.15) is 5.26 Å². The molecule has 1 aromatic heterocycles. The molecule has 1 atom stereocenters. The van der Waals surface area contributed by atoms with Gasteiger partial charge in [-0.05, 0) is 31.5 Å². The topological polar surface area (TPSA) is 63.0 Å². The molecular weight excluding hydrogens is 192 g/mol. The first-order valence-corrected chi connectivity index (χ1v) is 4.64. The van der Waals surface area contributed by atoms with Crippen molar-refractivity contribution in [1.29, 1.82) is 5.26 Å². The Morgan fingerprint density at radius 1 is 1.60 bits per heavy atom. The van der Waals surface area contributed by atoms with E-state index in [-0.39, 0.29) is 6.61 Å². The first-order chi connectivity index (χ1) is 7.15. The van der Waals surface area contributed by atoms with Crippen molar-refractivity contribution in [2.24, 2.45) is 0 Å². The van der Waals surface area contributed by atoms with E-state index in [0.717, 1.165) is 0 Å². The molecule has 4 heteroatoms. The average molecular weight is 204 g/mol. The normalized spacial score (nSPS) is 13.7. The van der Waals surface area contributed by atoms with Gasteiger partial charge in [-0.1, -0.05) is 0 Å². The van der Waals surface area contributed by atoms with Crippen molar-refractivity contribution in [3.05, 3.63) is 30.1 Å². The van der Waals surface area contributed by atoms with Gasteiger partial charge in [0.2, 0.25) is 0 Å². The van der Waals surface area contributed by atoms with Crippen molar-refractivity contribution < 1.29 is 9.53 Å². The van der Waals surface area contributed by atoms with E-state index in [4.69, 9.17) is 10.00 Å². The first kappa shape index (κ1) is 11.2. The number of rotatable bonds is 3. The quantitative estimate of drug-likeness (QED) is 0.698. The average Bonchev–Trinajstić information content (AvgIpc) is 2.29. The minimum absolute atomic E-state index is 0.265. The highest BCUT2D eigenvalue weighted by Gasteiger charge is 2.36. The number of ether oxygens (including phenoxy) is 1. The summed E-state index contributed by atoms with van der Waals surface area (Å²) in [5, 5.41) is 9.06. The van der Waals surface area contributed by atoms with E-state index < -0.39 is 11.4 Å². The molecule has 0 aliphatic rings. The Bertz CT molecular complexity index is 383. The fourth-order valence-electron chi connectivity index (χ4n) is 1.19. The van der Waals surface area contributed by atoms with Crippen LogP contribution < -0.4 is 0 Å². The first-order valence-electron chi connectivity index (χ1n) is 4.64. The number of aromatic nitrogens is 1. The van der Waals surface area contributed by atoms with Crippen molar-refractivity contribution in [3.8, 4) is 6.07 Å². The Hall–Kier alpha value is -1.89. The van der Waals surface area contributed by atoms with Crippen molar-refractivity contribution >= 4 is 5.97 Å². The van der Waals surface area contributed by atoms with E-state index in [9.17, 15) is 4.79 Å². The van der Waals surface area contributed by atoms with Crippen LogP contribution in [-0.2, 0) is 14.9 Å². The summed E-state index contributed by atoms with van der Waals surface area (Å²) in [6.07, 6.45) is 3.09. The Balaban J connectivity index is 3.07. The molecule has 0 bridgehead atoms. The van der Waals surface area contributed by atoms with Crippen LogP contribution in [0.3, 0.4) is 0 Å². The third kappa shape index (κ3) is 2.13. The number of nitrogens with zero attached hydrogens (tertiary/aromatic N) is 2.